The van der Waals surface area contributed by atoms with Gasteiger partial charge in [-0.15, -0.1) is 5.53 Å². The summed E-state index contributed by atoms with van der Waals surface area (Å²) in [5, 5.41) is 15.9. The Morgan fingerprint density at radius 2 is 1.97 bits per heavy atom. The minimum atomic E-state index is -0.382. The number of hydrogen-bond donors (Lipinski definition) is 3. The van der Waals surface area contributed by atoms with E-state index >= 15 is 0 Å². The van der Waals surface area contributed by atoms with Crippen LogP contribution >= 0.6 is 0 Å². The number of esters is 1. The number of carbonyl (C=O) groups excluding carboxylic acids is 1. The van der Waals surface area contributed by atoms with Gasteiger partial charge in [0, 0.05) is 30.8 Å². The summed E-state index contributed by atoms with van der Waals surface area (Å²) in [6.07, 6.45) is 4.54. The van der Waals surface area contributed by atoms with Crippen molar-refractivity contribution in [2.75, 3.05) is 14.2 Å². The summed E-state index contributed by atoms with van der Waals surface area (Å²) in [4.78, 5) is 12.5. The van der Waals surface area contributed by atoms with Crippen LogP contribution in [0.1, 0.15) is 34.0 Å². The van der Waals surface area contributed by atoms with Crippen LogP contribution in [0.4, 0.5) is 0 Å². The van der Waals surface area contributed by atoms with Gasteiger partial charge in [-0.1, -0.05) is 30.3 Å². The maximum atomic E-state index is 12.5. The number of rotatable bonds is 6. The Kier molecular flexibility index (Phi) is 5.16. The summed E-state index contributed by atoms with van der Waals surface area (Å²) in [5.41, 5.74) is 12.4. The second kappa shape index (κ2) is 8.14. The molecule has 164 valence electrons. The van der Waals surface area contributed by atoms with E-state index in [-0.39, 0.29) is 24.4 Å². The number of allylic oxidation sites excluding steroid dienone is 1. The molecule has 3 aromatic rings. The summed E-state index contributed by atoms with van der Waals surface area (Å²) in [6, 6.07) is 15.9. The number of benzene rings is 2. The lowest BCUT2D eigenvalue weighted by atomic mass is 10.0. The fourth-order valence-electron chi connectivity index (χ4n) is 4.31. The SMILES string of the molecule is COC(=O)c1cnn(-c2cccc(-c3cccc(CO)c3)c2)c1[C@@H]1C[C@H]1C1=CN(C)NN1. The lowest BCUT2D eigenvalue weighted by Gasteiger charge is -2.12. The molecule has 0 radical (unpaired) electrons. The molecule has 32 heavy (non-hydrogen) atoms. The Morgan fingerprint density at radius 3 is 2.69 bits per heavy atom. The highest BCUT2D eigenvalue weighted by Gasteiger charge is 2.46. The van der Waals surface area contributed by atoms with Crippen molar-refractivity contribution in [1.82, 2.24) is 25.7 Å². The van der Waals surface area contributed by atoms with Crippen LogP contribution in [-0.4, -0.2) is 40.0 Å². The molecule has 1 aliphatic carbocycles. The molecule has 0 unspecified atom stereocenters. The summed E-state index contributed by atoms with van der Waals surface area (Å²) < 4.78 is 6.88. The maximum absolute atomic E-state index is 12.5. The van der Waals surface area contributed by atoms with Gasteiger partial charge in [0.15, 0.2) is 0 Å². The number of aliphatic hydroxyl groups excluding tert-OH is 1. The third kappa shape index (κ3) is 3.63. The number of nitrogens with zero attached hydrogens (tertiary/aromatic N) is 3. The van der Waals surface area contributed by atoms with Crippen LogP contribution in [0.25, 0.3) is 16.8 Å². The van der Waals surface area contributed by atoms with E-state index in [0.29, 0.717) is 5.56 Å². The third-order valence-corrected chi connectivity index (χ3v) is 6.00. The van der Waals surface area contributed by atoms with E-state index in [1.54, 1.807) is 6.20 Å². The zero-order valence-electron chi connectivity index (χ0n) is 17.9. The maximum Gasteiger partial charge on any atom is 0.341 e. The highest BCUT2D eigenvalue weighted by atomic mass is 16.5. The molecule has 5 rings (SSSR count). The lowest BCUT2D eigenvalue weighted by Crippen LogP contribution is -2.33. The Bertz CT molecular complexity index is 1200. The minimum absolute atomic E-state index is 0.00365. The molecule has 0 bridgehead atoms. The average molecular weight is 431 g/mol. The number of aliphatic hydroxyl groups is 1. The largest absolute Gasteiger partial charge is 0.465 e. The van der Waals surface area contributed by atoms with Crippen LogP contribution in [0.5, 0.6) is 0 Å². The Morgan fingerprint density at radius 1 is 1.19 bits per heavy atom. The van der Waals surface area contributed by atoms with Crippen molar-refractivity contribution in [2.24, 2.45) is 5.92 Å². The Balaban J connectivity index is 1.54. The molecule has 0 saturated heterocycles. The lowest BCUT2D eigenvalue weighted by molar-refractivity contribution is 0.0599. The number of ether oxygens (including phenoxy) is 1. The van der Waals surface area contributed by atoms with Crippen LogP contribution in [0.2, 0.25) is 0 Å². The molecule has 1 fully saturated rings. The van der Waals surface area contributed by atoms with Crippen molar-refractivity contribution >= 4 is 5.97 Å². The van der Waals surface area contributed by atoms with E-state index in [9.17, 15) is 9.90 Å². The quantitative estimate of drug-likeness (QED) is 0.517. The van der Waals surface area contributed by atoms with Crippen molar-refractivity contribution < 1.29 is 14.6 Å². The van der Waals surface area contributed by atoms with Gasteiger partial charge in [-0.3, -0.25) is 5.01 Å². The van der Waals surface area contributed by atoms with E-state index in [0.717, 1.165) is 40.2 Å². The average Bonchev–Trinajstić information content (AvgIpc) is 3.28. The van der Waals surface area contributed by atoms with Crippen molar-refractivity contribution in [2.45, 2.75) is 18.9 Å². The van der Waals surface area contributed by atoms with E-state index in [2.05, 4.69) is 16.1 Å². The van der Waals surface area contributed by atoms with Crippen LogP contribution in [-0.2, 0) is 11.3 Å². The smallest absolute Gasteiger partial charge is 0.341 e. The molecule has 2 heterocycles. The highest BCUT2D eigenvalue weighted by Crippen LogP contribution is 2.52. The number of hydrogen-bond acceptors (Lipinski definition) is 7. The van der Waals surface area contributed by atoms with Gasteiger partial charge in [0.2, 0.25) is 0 Å². The molecular formula is C24H25N5O3. The van der Waals surface area contributed by atoms with E-state index in [1.165, 1.54) is 7.11 Å². The predicted molar refractivity (Wildman–Crippen MR) is 119 cm³/mol. The first-order valence-corrected chi connectivity index (χ1v) is 10.5. The Hall–Kier alpha value is -3.62. The standard InChI is InChI=1S/C24H25N5O3/c1-28-13-22(26-27-28)19-11-20(19)23-21(24(31)32-2)12-25-29(23)18-8-4-7-17(10-18)16-6-3-5-15(9-16)14-30/h3-10,12-13,19-20,26-27,30H,11,14H2,1-2H3/t19-,20-/m1/s1. The molecule has 8 heteroatoms. The summed E-state index contributed by atoms with van der Waals surface area (Å²) in [6.45, 7) is -0.00365. The van der Waals surface area contributed by atoms with E-state index < -0.39 is 0 Å². The van der Waals surface area contributed by atoms with Crippen LogP contribution < -0.4 is 11.0 Å². The summed E-state index contributed by atoms with van der Waals surface area (Å²) >= 11 is 0. The molecule has 0 spiro atoms. The van der Waals surface area contributed by atoms with E-state index in [4.69, 9.17) is 4.74 Å². The summed E-state index contributed by atoms with van der Waals surface area (Å²) in [7, 11) is 3.32. The minimum Gasteiger partial charge on any atom is -0.465 e. The van der Waals surface area contributed by atoms with Crippen molar-refractivity contribution in [3.8, 4) is 16.8 Å². The Labute approximate surface area is 186 Å². The zero-order chi connectivity index (χ0) is 22.2. The molecular weight excluding hydrogens is 406 g/mol. The predicted octanol–water partition coefficient (Wildman–Crippen LogP) is 2.72. The second-order valence-electron chi connectivity index (χ2n) is 8.14. The van der Waals surface area contributed by atoms with Crippen LogP contribution in [0, 0.1) is 5.92 Å². The zero-order valence-corrected chi connectivity index (χ0v) is 17.9. The number of methoxy groups -OCH3 is 1. The molecule has 2 aromatic carbocycles. The van der Waals surface area contributed by atoms with Gasteiger partial charge in [-0.2, -0.15) is 5.10 Å². The molecule has 2 aliphatic rings. The normalized spacial score (nSPS) is 19.5. The molecule has 8 nitrogen and oxygen atoms in total. The van der Waals surface area contributed by atoms with E-state index in [1.807, 2.05) is 71.5 Å². The van der Waals surface area contributed by atoms with Gasteiger partial charge in [0.1, 0.15) is 5.56 Å². The van der Waals surface area contributed by atoms with Gasteiger partial charge < -0.3 is 15.3 Å². The molecule has 0 amide bonds. The second-order valence-corrected chi connectivity index (χ2v) is 8.14. The first-order valence-electron chi connectivity index (χ1n) is 10.5. The van der Waals surface area contributed by atoms with Gasteiger partial charge in [0.05, 0.1) is 31.3 Å². The molecule has 3 N–H and O–H groups in total. The molecule has 1 aromatic heterocycles. The molecule has 2 atom stereocenters. The van der Waals surface area contributed by atoms with Crippen molar-refractivity contribution in [1.29, 1.82) is 0 Å². The fourth-order valence-corrected chi connectivity index (χ4v) is 4.31. The number of hydrazine groups is 2. The van der Waals surface area contributed by atoms with Gasteiger partial charge in [-0.25, -0.2) is 9.48 Å². The van der Waals surface area contributed by atoms with Crippen LogP contribution in [0.15, 0.2) is 66.6 Å². The fraction of sp³-hybridized carbons (Fsp3) is 0.250. The first kappa shape index (κ1) is 20.3. The molecule has 1 aliphatic heterocycles. The van der Waals surface area contributed by atoms with Gasteiger partial charge in [0.25, 0.3) is 0 Å². The van der Waals surface area contributed by atoms with Gasteiger partial charge >= 0.3 is 5.97 Å². The third-order valence-electron chi connectivity index (χ3n) is 6.00. The highest BCUT2D eigenvalue weighted by molar-refractivity contribution is 5.91. The van der Waals surface area contributed by atoms with Crippen LogP contribution in [0.3, 0.4) is 0 Å². The summed E-state index contributed by atoms with van der Waals surface area (Å²) in [5.74, 6) is 0.0445. The number of aromatic nitrogens is 2. The first-order chi connectivity index (χ1) is 15.6. The number of carbonyl (C=O) groups is 1. The topological polar surface area (TPSA) is 91.6 Å². The number of nitrogens with one attached hydrogen (secondary N) is 2. The van der Waals surface area contributed by atoms with Crippen molar-refractivity contribution in [3.63, 3.8) is 0 Å². The molecule has 1 saturated carbocycles. The van der Waals surface area contributed by atoms with Crippen molar-refractivity contribution in [3.05, 3.63) is 83.4 Å². The van der Waals surface area contributed by atoms with Gasteiger partial charge in [-0.05, 0) is 41.3 Å². The monoisotopic (exact) mass is 431 g/mol.